The number of carbonyl (C=O) groups is 1. The Morgan fingerprint density at radius 3 is 2.94 bits per heavy atom. The molecule has 0 spiro atoms. The van der Waals surface area contributed by atoms with Crippen molar-refractivity contribution >= 4 is 23.2 Å². The molecule has 1 fully saturated rings. The van der Waals surface area contributed by atoms with E-state index in [1.165, 1.54) is 6.20 Å². The first-order chi connectivity index (χ1) is 7.66. The summed E-state index contributed by atoms with van der Waals surface area (Å²) < 4.78 is 5.12. The Labute approximate surface area is 97.9 Å². The van der Waals surface area contributed by atoms with Gasteiger partial charge in [-0.25, -0.2) is 4.98 Å². The maximum atomic E-state index is 11.8. The zero-order chi connectivity index (χ0) is 11.5. The van der Waals surface area contributed by atoms with Crippen molar-refractivity contribution < 1.29 is 9.53 Å². The molecule has 0 radical (unpaired) electrons. The molecule has 0 aliphatic carbocycles. The molecular weight excluding hydrogens is 230 g/mol. The summed E-state index contributed by atoms with van der Waals surface area (Å²) in [5.41, 5.74) is 6.34. The van der Waals surface area contributed by atoms with E-state index in [2.05, 4.69) is 10.3 Å². The maximum absolute atomic E-state index is 11.8. The number of ether oxygens (including phenoxy) is 1. The number of hydrogen-bond donors (Lipinski definition) is 2. The molecule has 5 nitrogen and oxygen atoms in total. The Kier molecular flexibility index (Phi) is 3.38. The number of nitrogens with two attached hydrogens (primary N) is 1. The van der Waals surface area contributed by atoms with Gasteiger partial charge in [0.25, 0.3) is 0 Å². The summed E-state index contributed by atoms with van der Waals surface area (Å²) in [5.74, 6) is -0.440. The summed E-state index contributed by atoms with van der Waals surface area (Å²) in [6.45, 7) is 0.797. The smallest absolute Gasteiger partial charge is 0.231 e. The van der Waals surface area contributed by atoms with Crippen LogP contribution in [0.1, 0.15) is 0 Å². The standard InChI is InChI=1S/C10H12ClN3O2/c11-9-2-1-6(3-13-9)14-10(15)7-4-16-5-8(7)12/h1-3,7-8H,4-5,12H2,(H,14,15). The van der Waals surface area contributed by atoms with Crippen molar-refractivity contribution in [2.24, 2.45) is 11.7 Å². The molecule has 1 saturated heterocycles. The van der Waals surface area contributed by atoms with Gasteiger partial charge in [0.1, 0.15) is 5.15 Å². The van der Waals surface area contributed by atoms with Crippen LogP contribution in [0.5, 0.6) is 0 Å². The van der Waals surface area contributed by atoms with Crippen LogP contribution in [-0.2, 0) is 9.53 Å². The van der Waals surface area contributed by atoms with Gasteiger partial charge in [0.05, 0.1) is 31.0 Å². The second-order valence-corrected chi connectivity index (χ2v) is 4.05. The van der Waals surface area contributed by atoms with Crippen molar-refractivity contribution in [3.05, 3.63) is 23.5 Å². The molecule has 1 aliphatic heterocycles. The van der Waals surface area contributed by atoms with E-state index in [-0.39, 0.29) is 17.9 Å². The molecule has 86 valence electrons. The van der Waals surface area contributed by atoms with Gasteiger partial charge in [0.2, 0.25) is 5.91 Å². The third-order valence-electron chi connectivity index (χ3n) is 2.46. The van der Waals surface area contributed by atoms with E-state index in [1.807, 2.05) is 0 Å². The van der Waals surface area contributed by atoms with Crippen LogP contribution < -0.4 is 11.1 Å². The molecule has 0 saturated carbocycles. The van der Waals surface area contributed by atoms with Crippen molar-refractivity contribution in [1.29, 1.82) is 0 Å². The molecule has 6 heteroatoms. The van der Waals surface area contributed by atoms with E-state index in [1.54, 1.807) is 12.1 Å². The fourth-order valence-electron chi connectivity index (χ4n) is 1.53. The highest BCUT2D eigenvalue weighted by Crippen LogP contribution is 2.15. The third-order valence-corrected chi connectivity index (χ3v) is 2.68. The molecule has 1 amide bonds. The Morgan fingerprint density at radius 1 is 1.56 bits per heavy atom. The van der Waals surface area contributed by atoms with Gasteiger partial charge in [-0.05, 0) is 12.1 Å². The molecular formula is C10H12ClN3O2. The van der Waals surface area contributed by atoms with Gasteiger partial charge in [-0.3, -0.25) is 4.79 Å². The first-order valence-corrected chi connectivity index (χ1v) is 5.30. The molecule has 1 aromatic heterocycles. The lowest BCUT2D eigenvalue weighted by molar-refractivity contribution is -0.120. The Hall–Kier alpha value is -1.17. The monoisotopic (exact) mass is 241 g/mol. The number of rotatable bonds is 2. The van der Waals surface area contributed by atoms with Crippen LogP contribution in [0.15, 0.2) is 18.3 Å². The molecule has 0 bridgehead atoms. The number of carbonyl (C=O) groups excluding carboxylic acids is 1. The summed E-state index contributed by atoms with van der Waals surface area (Å²) >= 11 is 5.63. The first kappa shape index (κ1) is 11.3. The van der Waals surface area contributed by atoms with Crippen LogP contribution in [0.3, 0.4) is 0 Å². The van der Waals surface area contributed by atoms with Crippen LogP contribution in [-0.4, -0.2) is 30.1 Å². The van der Waals surface area contributed by atoms with Crippen LogP contribution in [0.4, 0.5) is 5.69 Å². The zero-order valence-electron chi connectivity index (χ0n) is 8.52. The summed E-state index contributed by atoms with van der Waals surface area (Å²) in [4.78, 5) is 15.6. The van der Waals surface area contributed by atoms with E-state index in [0.29, 0.717) is 24.1 Å². The van der Waals surface area contributed by atoms with Crippen LogP contribution in [0.25, 0.3) is 0 Å². The number of aromatic nitrogens is 1. The minimum Gasteiger partial charge on any atom is -0.379 e. The molecule has 2 heterocycles. The second kappa shape index (κ2) is 4.78. The Bertz CT molecular complexity index is 382. The largest absolute Gasteiger partial charge is 0.379 e. The van der Waals surface area contributed by atoms with E-state index in [0.717, 1.165) is 0 Å². The van der Waals surface area contributed by atoms with Gasteiger partial charge in [-0.15, -0.1) is 0 Å². The van der Waals surface area contributed by atoms with Gasteiger partial charge in [-0.2, -0.15) is 0 Å². The lowest BCUT2D eigenvalue weighted by Gasteiger charge is -2.12. The number of nitrogens with one attached hydrogen (secondary N) is 1. The summed E-state index contributed by atoms with van der Waals surface area (Å²) in [7, 11) is 0. The minimum atomic E-state index is -0.296. The highest BCUT2D eigenvalue weighted by Gasteiger charge is 2.31. The van der Waals surface area contributed by atoms with Crippen molar-refractivity contribution in [1.82, 2.24) is 4.98 Å². The van der Waals surface area contributed by atoms with Crippen LogP contribution in [0, 0.1) is 5.92 Å². The molecule has 2 unspecified atom stereocenters. The highest BCUT2D eigenvalue weighted by atomic mass is 35.5. The number of nitrogens with zero attached hydrogens (tertiary/aromatic N) is 1. The number of pyridine rings is 1. The summed E-state index contributed by atoms with van der Waals surface area (Å²) in [6.07, 6.45) is 1.50. The molecule has 1 aromatic rings. The molecule has 2 rings (SSSR count). The lowest BCUT2D eigenvalue weighted by atomic mass is 10.0. The lowest BCUT2D eigenvalue weighted by Crippen LogP contribution is -2.37. The van der Waals surface area contributed by atoms with Gasteiger partial charge >= 0.3 is 0 Å². The average Bonchev–Trinajstić information content (AvgIpc) is 2.68. The Morgan fingerprint density at radius 2 is 2.38 bits per heavy atom. The van der Waals surface area contributed by atoms with E-state index < -0.39 is 0 Å². The van der Waals surface area contributed by atoms with Crippen molar-refractivity contribution in [2.45, 2.75) is 6.04 Å². The predicted molar refractivity (Wildman–Crippen MR) is 60.2 cm³/mol. The molecule has 1 aliphatic rings. The topological polar surface area (TPSA) is 77.2 Å². The minimum absolute atomic E-state index is 0.144. The first-order valence-electron chi connectivity index (χ1n) is 4.92. The second-order valence-electron chi connectivity index (χ2n) is 3.67. The number of amides is 1. The molecule has 16 heavy (non-hydrogen) atoms. The van der Waals surface area contributed by atoms with Crippen molar-refractivity contribution in [3.63, 3.8) is 0 Å². The van der Waals surface area contributed by atoms with Gasteiger partial charge in [0.15, 0.2) is 0 Å². The maximum Gasteiger partial charge on any atom is 0.231 e. The van der Waals surface area contributed by atoms with Gasteiger partial charge < -0.3 is 15.8 Å². The average molecular weight is 242 g/mol. The predicted octanol–water partition coefficient (Wildman–Crippen LogP) is 0.647. The molecule has 2 atom stereocenters. The number of hydrogen-bond acceptors (Lipinski definition) is 4. The molecule has 3 N–H and O–H groups in total. The molecule has 0 aromatic carbocycles. The zero-order valence-corrected chi connectivity index (χ0v) is 9.28. The quantitative estimate of drug-likeness (QED) is 0.746. The fourth-order valence-corrected chi connectivity index (χ4v) is 1.64. The van der Waals surface area contributed by atoms with E-state index >= 15 is 0 Å². The van der Waals surface area contributed by atoms with Crippen LogP contribution >= 0.6 is 11.6 Å². The number of anilines is 1. The SMILES string of the molecule is NC1COCC1C(=O)Nc1ccc(Cl)nc1. The summed E-state index contributed by atoms with van der Waals surface area (Å²) in [5, 5.41) is 3.11. The van der Waals surface area contributed by atoms with Gasteiger partial charge in [0, 0.05) is 6.04 Å². The normalized spacial score (nSPS) is 24.4. The highest BCUT2D eigenvalue weighted by molar-refractivity contribution is 6.29. The van der Waals surface area contributed by atoms with Crippen molar-refractivity contribution in [2.75, 3.05) is 18.5 Å². The van der Waals surface area contributed by atoms with Gasteiger partial charge in [-0.1, -0.05) is 11.6 Å². The summed E-state index contributed by atoms with van der Waals surface area (Å²) in [6, 6.07) is 3.07. The van der Waals surface area contributed by atoms with Crippen molar-refractivity contribution in [3.8, 4) is 0 Å². The van der Waals surface area contributed by atoms with E-state index in [9.17, 15) is 4.79 Å². The Balaban J connectivity index is 1.99. The number of halogens is 1. The fraction of sp³-hybridized carbons (Fsp3) is 0.400. The van der Waals surface area contributed by atoms with Crippen LogP contribution in [0.2, 0.25) is 5.15 Å². The third kappa shape index (κ3) is 2.49. The van der Waals surface area contributed by atoms with E-state index in [4.69, 9.17) is 22.1 Å².